The van der Waals surface area contributed by atoms with Crippen LogP contribution in [0.4, 0.5) is 0 Å². The predicted molar refractivity (Wildman–Crippen MR) is 12.2 cm³/mol. The maximum atomic E-state index is 9.33. The van der Waals surface area contributed by atoms with Gasteiger partial charge < -0.3 is 0 Å². The van der Waals surface area contributed by atoms with E-state index in [4.69, 9.17) is 4.55 Å². The molecule has 0 unspecified atom stereocenters. The summed E-state index contributed by atoms with van der Waals surface area (Å²) in [5, 5.41) is 0. The summed E-state index contributed by atoms with van der Waals surface area (Å²) in [4.78, 5) is 0. The standard InChI is InChI=1S/Ce.HO3S.O.Yb/c;1-4(2)3;;/h;(H,1,2,3);;. The van der Waals surface area contributed by atoms with Crippen molar-refractivity contribution in [2.75, 3.05) is 0 Å². The minimum atomic E-state index is -4.02. The van der Waals surface area contributed by atoms with Gasteiger partial charge in [0.25, 0.3) is 0 Å². The van der Waals surface area contributed by atoms with Gasteiger partial charge in [0.2, 0.25) is 0 Å². The van der Waals surface area contributed by atoms with Crippen LogP contribution in [0.2, 0.25) is 0 Å². The topological polar surface area (TPSA) is 71.4 Å². The van der Waals surface area contributed by atoms with E-state index >= 15 is 0 Å². The van der Waals surface area contributed by atoms with Crippen molar-refractivity contribution in [3.63, 3.8) is 0 Å². The zero-order valence-corrected chi connectivity index (χ0v) is 8.52. The first-order valence-corrected chi connectivity index (χ1v) is 7.49. The molecule has 0 radical (unpaired) electrons. The van der Waals surface area contributed by atoms with E-state index in [9.17, 15) is 9.36 Å². The molecule has 7 heavy (non-hydrogen) atoms. The van der Waals surface area contributed by atoms with E-state index in [0.717, 1.165) is 0 Å². The summed E-state index contributed by atoms with van der Waals surface area (Å²) in [6, 6.07) is 0. The van der Waals surface area contributed by atoms with Crippen LogP contribution in [-0.4, -0.2) is 13.0 Å². The van der Waals surface area contributed by atoms with Crippen molar-refractivity contribution in [3.05, 3.63) is 0 Å². The summed E-state index contributed by atoms with van der Waals surface area (Å²) < 4.78 is 31.5. The van der Waals surface area contributed by atoms with Crippen molar-refractivity contribution in [1.29, 1.82) is 0 Å². The Hall–Kier alpha value is 2.61. The summed E-state index contributed by atoms with van der Waals surface area (Å²) in [6.45, 7) is 0. The van der Waals surface area contributed by atoms with Crippen LogP contribution >= 0.6 is 0 Å². The fourth-order valence-electron chi connectivity index (χ4n) is 0. The predicted octanol–water partition coefficient (Wildman–Crippen LogP) is -0.780. The average molecular weight is 410 g/mol. The van der Waals surface area contributed by atoms with Gasteiger partial charge in [0.15, 0.2) is 0 Å². The van der Waals surface area contributed by atoms with Crippen LogP contribution in [-0.2, 0) is 4.79 Å². The molecule has 49 valence electrons. The second-order valence-corrected chi connectivity index (χ2v) is 8.11. The maximum absolute atomic E-state index is 9.33. The third-order valence-electron chi connectivity index (χ3n) is 0.105. The van der Waals surface area contributed by atoms with E-state index in [1.807, 2.05) is 0 Å². The molecule has 0 aliphatic carbocycles. The summed E-state index contributed by atoms with van der Waals surface area (Å²) in [6.07, 6.45) is 0. The van der Waals surface area contributed by atoms with Crippen LogP contribution in [0.1, 0.15) is 0 Å². The van der Waals surface area contributed by atoms with Gasteiger partial charge in [-0.3, -0.25) is 0 Å². The van der Waals surface area contributed by atoms with Gasteiger partial charge in [0.1, 0.15) is 0 Å². The minimum absolute atomic E-state index is 0. The van der Waals surface area contributed by atoms with E-state index in [-0.39, 0.29) is 46.9 Å². The summed E-state index contributed by atoms with van der Waals surface area (Å²) in [5.41, 5.74) is 0. The molecular weight excluding hydrogens is 409 g/mol. The zero-order chi connectivity index (χ0) is 5.21. The molecule has 0 aliphatic heterocycles. The van der Waals surface area contributed by atoms with Crippen molar-refractivity contribution in [3.8, 4) is 0 Å². The molecule has 0 aromatic heterocycles. The van der Waals surface area contributed by atoms with Crippen molar-refractivity contribution in [2.24, 2.45) is 0 Å². The quantitative estimate of drug-likeness (QED) is 0.576. The Morgan fingerprint density at radius 3 is 1.57 bits per heavy atom. The van der Waals surface area contributed by atoms with Gasteiger partial charge >= 0.3 is 53.5 Å². The molecule has 0 saturated heterocycles. The molecule has 0 heterocycles. The summed E-state index contributed by atoms with van der Waals surface area (Å²) in [7, 11) is 0. The molecule has 0 saturated carbocycles. The van der Waals surface area contributed by atoms with Gasteiger partial charge in [-0.2, -0.15) is 0 Å². The SMILES string of the molecule is [O]=[Ce][S](=O)(=O)O.[Yb]. The molecule has 0 bridgehead atoms. The molecule has 7 heteroatoms. The Balaban J connectivity index is 0. The van der Waals surface area contributed by atoms with E-state index in [1.54, 1.807) is 0 Å². The summed E-state index contributed by atoms with van der Waals surface area (Å²) in [5.74, 6) is 0. The van der Waals surface area contributed by atoms with Crippen LogP contribution in [0, 0.1) is 82.6 Å². The first-order valence-electron chi connectivity index (χ1n) is 0.924. The molecule has 0 spiro atoms. The van der Waals surface area contributed by atoms with Crippen molar-refractivity contribution < 1.29 is 96.6 Å². The third-order valence-corrected chi connectivity index (χ3v) is 2.30. The Kier molecular flexibility index (Phi) is 9.48. The van der Waals surface area contributed by atoms with Gasteiger partial charge in [0, 0.05) is 46.9 Å². The first kappa shape index (κ1) is 12.3. The van der Waals surface area contributed by atoms with Gasteiger partial charge in [-0.05, 0) is 0 Å². The molecule has 0 aliphatic rings. The molecule has 0 amide bonds. The van der Waals surface area contributed by atoms with Gasteiger partial charge in [-0.1, -0.05) is 0 Å². The Labute approximate surface area is 97.4 Å². The van der Waals surface area contributed by atoms with Crippen LogP contribution in [0.5, 0.6) is 0 Å². The zero-order valence-electron chi connectivity index (χ0n) is 2.85. The fourth-order valence-corrected chi connectivity index (χ4v) is 0. The smallest absolute Gasteiger partial charge is 0 e. The fraction of sp³-hybridized carbons (Fsp3) is 0. The Morgan fingerprint density at radius 2 is 1.57 bits per heavy atom. The van der Waals surface area contributed by atoms with Gasteiger partial charge in [-0.15, -0.1) is 0 Å². The van der Waals surface area contributed by atoms with Crippen LogP contribution in [0.15, 0.2) is 0 Å². The molecule has 0 atom stereocenters. The Morgan fingerprint density at radius 1 is 1.43 bits per heavy atom. The number of hydrogen-bond acceptors (Lipinski definition) is 3. The van der Waals surface area contributed by atoms with E-state index in [1.165, 1.54) is 0 Å². The molecule has 0 fully saturated rings. The van der Waals surface area contributed by atoms with Crippen LogP contribution in [0.3, 0.4) is 0 Å². The second-order valence-electron chi connectivity index (χ2n) is 0.558. The third kappa shape index (κ3) is 12.0. The Bertz CT molecular complexity index is 122. The molecular formula is HCeO4SYb. The maximum Gasteiger partial charge on any atom is 0 e. The normalized spacial score (nSPS) is 8.71. The molecule has 0 aromatic rings. The van der Waals surface area contributed by atoms with E-state index in [2.05, 4.69) is 0 Å². The van der Waals surface area contributed by atoms with Gasteiger partial charge in [-0.25, -0.2) is 0 Å². The van der Waals surface area contributed by atoms with Gasteiger partial charge in [0.05, 0.1) is 0 Å². The second kappa shape index (κ2) is 5.40. The monoisotopic (exact) mass is 411 g/mol. The molecule has 1 N–H and O–H groups in total. The molecule has 4 nitrogen and oxygen atoms in total. The molecule has 0 aromatic carbocycles. The number of rotatable bonds is 1. The van der Waals surface area contributed by atoms with Crippen LogP contribution < -0.4 is 0 Å². The first-order chi connectivity index (χ1) is 2.56. The average Bonchev–Trinajstić information content (AvgIpc) is 1.35. The number of hydrogen-bond donors (Lipinski definition) is 1. The van der Waals surface area contributed by atoms with Crippen molar-refractivity contribution in [2.45, 2.75) is 0 Å². The van der Waals surface area contributed by atoms with E-state index < -0.39 is 39.6 Å². The minimum Gasteiger partial charge on any atom is 0 e. The van der Waals surface area contributed by atoms with Crippen LogP contribution in [0.25, 0.3) is 0 Å². The largest absolute Gasteiger partial charge is 0 e. The van der Waals surface area contributed by atoms with Crippen molar-refractivity contribution in [1.82, 2.24) is 0 Å². The summed E-state index contributed by atoms with van der Waals surface area (Å²) >= 11 is -2.88. The van der Waals surface area contributed by atoms with E-state index in [0.29, 0.717) is 0 Å². The van der Waals surface area contributed by atoms with Crippen molar-refractivity contribution >= 4 is 3.86 Å². The molecule has 0 rings (SSSR count).